The number of primary amides is 1. The Hall–Kier alpha value is -3.07. The summed E-state index contributed by atoms with van der Waals surface area (Å²) in [7, 11) is 3.16. The highest BCUT2D eigenvalue weighted by atomic mass is 19.1. The van der Waals surface area contributed by atoms with E-state index < -0.39 is 5.91 Å². The van der Waals surface area contributed by atoms with Crippen molar-refractivity contribution >= 4 is 17.3 Å². The van der Waals surface area contributed by atoms with Crippen molar-refractivity contribution in [1.82, 2.24) is 9.88 Å². The van der Waals surface area contributed by atoms with Crippen molar-refractivity contribution in [3.05, 3.63) is 41.8 Å². The van der Waals surface area contributed by atoms with E-state index >= 15 is 0 Å². The topological polar surface area (TPSA) is 84.2 Å². The predicted octanol–water partition coefficient (Wildman–Crippen LogP) is 2.38. The van der Waals surface area contributed by atoms with Gasteiger partial charge in [0.2, 0.25) is 5.88 Å². The van der Waals surface area contributed by atoms with Gasteiger partial charge in [0.1, 0.15) is 17.3 Å². The van der Waals surface area contributed by atoms with Gasteiger partial charge in [-0.05, 0) is 43.0 Å². The number of pyridine rings is 1. The molecule has 9 heteroatoms. The molecule has 8 nitrogen and oxygen atoms in total. The monoisotopic (exact) mass is 457 g/mol. The molecule has 4 rings (SSSR count). The maximum Gasteiger partial charge on any atom is 0.267 e. The van der Waals surface area contributed by atoms with Crippen molar-refractivity contribution in [2.75, 3.05) is 69.8 Å². The highest BCUT2D eigenvalue weighted by molar-refractivity contribution is 5.91. The summed E-state index contributed by atoms with van der Waals surface area (Å²) in [5, 5.41) is 0. The van der Waals surface area contributed by atoms with Crippen LogP contribution in [0, 0.1) is 11.7 Å². The molecule has 1 aromatic heterocycles. The minimum atomic E-state index is -0.565. The number of carbonyl (C=O) groups excluding carboxylic acids is 1. The second kappa shape index (κ2) is 10.2. The van der Waals surface area contributed by atoms with E-state index in [0.717, 1.165) is 64.3 Å². The van der Waals surface area contributed by atoms with Crippen LogP contribution in [0.1, 0.15) is 23.3 Å². The molecule has 0 atom stereocenters. The summed E-state index contributed by atoms with van der Waals surface area (Å²) < 4.78 is 25.0. The van der Waals surface area contributed by atoms with Crippen molar-refractivity contribution in [1.29, 1.82) is 0 Å². The van der Waals surface area contributed by atoms with Gasteiger partial charge in [-0.2, -0.15) is 0 Å². The molecule has 2 aliphatic rings. The van der Waals surface area contributed by atoms with Crippen LogP contribution in [0.4, 0.5) is 15.8 Å². The molecule has 0 spiro atoms. The molecule has 0 aliphatic carbocycles. The number of ether oxygens (including phenoxy) is 2. The summed E-state index contributed by atoms with van der Waals surface area (Å²) in [6, 6.07) is 8.42. The molecule has 2 fully saturated rings. The molecule has 2 aliphatic heterocycles. The molecule has 0 bridgehead atoms. The number of halogens is 1. The quantitative estimate of drug-likeness (QED) is 0.683. The Morgan fingerprint density at radius 3 is 2.33 bits per heavy atom. The first-order chi connectivity index (χ1) is 16.0. The molecule has 2 N–H and O–H groups in total. The number of hydrogen-bond donors (Lipinski definition) is 1. The van der Waals surface area contributed by atoms with Crippen LogP contribution in [0.3, 0.4) is 0 Å². The van der Waals surface area contributed by atoms with E-state index in [1.54, 1.807) is 32.4 Å². The number of benzene rings is 1. The fourth-order valence-corrected chi connectivity index (χ4v) is 4.72. The van der Waals surface area contributed by atoms with Crippen LogP contribution < -0.4 is 25.0 Å². The Labute approximate surface area is 194 Å². The molecule has 0 unspecified atom stereocenters. The third kappa shape index (κ3) is 5.30. The van der Waals surface area contributed by atoms with Crippen LogP contribution in [0.2, 0.25) is 0 Å². The normalized spacial score (nSPS) is 17.8. The van der Waals surface area contributed by atoms with E-state index in [0.29, 0.717) is 23.2 Å². The highest BCUT2D eigenvalue weighted by Crippen LogP contribution is 2.30. The van der Waals surface area contributed by atoms with Gasteiger partial charge in [0.05, 0.1) is 25.6 Å². The standard InChI is InChI=1S/C24H32FN5O3/c1-32-18-3-4-19(25)22(15-18)29-9-7-17(8-10-29)16-28-11-13-30(14-12-28)21-6-5-20(23(26)31)27-24(21)33-2/h3-6,15,17H,7-14,16H2,1-2H3,(H2,26,31). The number of piperidine rings is 1. The zero-order chi connectivity index (χ0) is 23.4. The summed E-state index contributed by atoms with van der Waals surface area (Å²) in [5.41, 5.74) is 7.05. The number of piperazine rings is 1. The van der Waals surface area contributed by atoms with Gasteiger partial charge in [-0.3, -0.25) is 9.69 Å². The van der Waals surface area contributed by atoms with E-state index in [-0.39, 0.29) is 11.5 Å². The minimum Gasteiger partial charge on any atom is -0.497 e. The zero-order valence-electron chi connectivity index (χ0n) is 19.3. The van der Waals surface area contributed by atoms with Gasteiger partial charge in [0.15, 0.2) is 0 Å². The number of nitrogens with two attached hydrogens (primary N) is 1. The van der Waals surface area contributed by atoms with Gasteiger partial charge in [-0.1, -0.05) is 0 Å². The van der Waals surface area contributed by atoms with Gasteiger partial charge in [-0.15, -0.1) is 0 Å². The van der Waals surface area contributed by atoms with Crippen LogP contribution in [-0.2, 0) is 0 Å². The third-order valence-corrected chi connectivity index (χ3v) is 6.62. The first-order valence-corrected chi connectivity index (χ1v) is 11.4. The molecule has 1 amide bonds. The minimum absolute atomic E-state index is 0.195. The Balaban J connectivity index is 1.28. The van der Waals surface area contributed by atoms with Crippen LogP contribution in [0.25, 0.3) is 0 Å². The zero-order valence-corrected chi connectivity index (χ0v) is 19.3. The Bertz CT molecular complexity index is 973. The fourth-order valence-electron chi connectivity index (χ4n) is 4.72. The molecule has 33 heavy (non-hydrogen) atoms. The van der Waals surface area contributed by atoms with Crippen molar-refractivity contribution in [2.24, 2.45) is 11.7 Å². The summed E-state index contributed by atoms with van der Waals surface area (Å²) in [4.78, 5) is 22.5. The van der Waals surface area contributed by atoms with Crippen LogP contribution in [0.5, 0.6) is 11.6 Å². The summed E-state index contributed by atoms with van der Waals surface area (Å²) in [5.74, 6) is 0.955. The second-order valence-corrected chi connectivity index (χ2v) is 8.62. The Kier molecular flexibility index (Phi) is 7.17. The lowest BCUT2D eigenvalue weighted by molar-refractivity contribution is 0.0994. The Morgan fingerprint density at radius 2 is 1.70 bits per heavy atom. The SMILES string of the molecule is COc1ccc(F)c(N2CCC(CN3CCN(c4ccc(C(N)=O)nc4OC)CC3)CC2)c1. The number of anilines is 2. The smallest absolute Gasteiger partial charge is 0.267 e. The summed E-state index contributed by atoms with van der Waals surface area (Å²) in [6.07, 6.45) is 2.09. The summed E-state index contributed by atoms with van der Waals surface area (Å²) in [6.45, 7) is 6.38. The van der Waals surface area contributed by atoms with Crippen molar-refractivity contribution in [2.45, 2.75) is 12.8 Å². The van der Waals surface area contributed by atoms with Crippen molar-refractivity contribution in [3.8, 4) is 11.6 Å². The van der Waals surface area contributed by atoms with Crippen LogP contribution >= 0.6 is 0 Å². The molecular formula is C24H32FN5O3. The maximum atomic E-state index is 14.3. The molecular weight excluding hydrogens is 425 g/mol. The van der Waals surface area contributed by atoms with Gasteiger partial charge >= 0.3 is 0 Å². The number of amides is 1. The van der Waals surface area contributed by atoms with E-state index in [1.165, 1.54) is 6.07 Å². The molecule has 3 heterocycles. The van der Waals surface area contributed by atoms with Crippen LogP contribution in [0.15, 0.2) is 30.3 Å². The van der Waals surface area contributed by atoms with E-state index in [2.05, 4.69) is 19.7 Å². The average Bonchev–Trinajstić information content (AvgIpc) is 2.85. The lowest BCUT2D eigenvalue weighted by atomic mass is 9.95. The first-order valence-electron chi connectivity index (χ1n) is 11.4. The predicted molar refractivity (Wildman–Crippen MR) is 126 cm³/mol. The van der Waals surface area contributed by atoms with E-state index in [1.807, 2.05) is 6.07 Å². The molecule has 0 radical (unpaired) electrons. The average molecular weight is 458 g/mol. The molecule has 178 valence electrons. The molecule has 2 aromatic rings. The number of aromatic nitrogens is 1. The third-order valence-electron chi connectivity index (χ3n) is 6.62. The lowest BCUT2D eigenvalue weighted by Crippen LogP contribution is -2.49. The first kappa shape index (κ1) is 23.1. The van der Waals surface area contributed by atoms with E-state index in [4.69, 9.17) is 15.2 Å². The number of hydrogen-bond acceptors (Lipinski definition) is 7. The maximum absolute atomic E-state index is 14.3. The number of rotatable bonds is 7. The molecule has 2 saturated heterocycles. The van der Waals surface area contributed by atoms with Crippen LogP contribution in [-0.4, -0.2) is 75.8 Å². The lowest BCUT2D eigenvalue weighted by Gasteiger charge is -2.40. The summed E-state index contributed by atoms with van der Waals surface area (Å²) >= 11 is 0. The number of nitrogens with zero attached hydrogens (tertiary/aromatic N) is 4. The number of methoxy groups -OCH3 is 2. The van der Waals surface area contributed by atoms with E-state index in [9.17, 15) is 9.18 Å². The van der Waals surface area contributed by atoms with Gasteiger partial charge in [0.25, 0.3) is 5.91 Å². The number of carbonyl (C=O) groups is 1. The van der Waals surface area contributed by atoms with Gasteiger partial charge < -0.3 is 25.0 Å². The molecule has 1 aromatic carbocycles. The second-order valence-electron chi connectivity index (χ2n) is 8.62. The Morgan fingerprint density at radius 1 is 1.00 bits per heavy atom. The van der Waals surface area contributed by atoms with Crippen molar-refractivity contribution < 1.29 is 18.7 Å². The van der Waals surface area contributed by atoms with Gasteiger partial charge in [0, 0.05) is 51.9 Å². The fraction of sp³-hybridized carbons (Fsp3) is 0.500. The molecule has 0 saturated carbocycles. The van der Waals surface area contributed by atoms with Gasteiger partial charge in [-0.25, -0.2) is 9.37 Å². The largest absolute Gasteiger partial charge is 0.497 e. The highest BCUT2D eigenvalue weighted by Gasteiger charge is 2.26. The van der Waals surface area contributed by atoms with Crippen molar-refractivity contribution in [3.63, 3.8) is 0 Å².